The normalized spacial score (nSPS) is 10.2. The number of hydrogen-bond acceptors (Lipinski definition) is 5. The van der Waals surface area contributed by atoms with Crippen LogP contribution in [-0.2, 0) is 9.53 Å². The summed E-state index contributed by atoms with van der Waals surface area (Å²) in [5, 5.41) is 0. The molecule has 0 N–H and O–H groups in total. The van der Waals surface area contributed by atoms with E-state index in [1.54, 1.807) is 12.1 Å². The number of carbonyl (C=O) groups is 2. The van der Waals surface area contributed by atoms with Gasteiger partial charge < -0.3 is 14.2 Å². The van der Waals surface area contributed by atoms with E-state index in [-0.39, 0.29) is 0 Å². The molecule has 0 aliphatic carbocycles. The molecule has 0 saturated carbocycles. The highest BCUT2D eigenvalue weighted by molar-refractivity contribution is 5.89. The summed E-state index contributed by atoms with van der Waals surface area (Å²) in [4.78, 5) is 21.8. The van der Waals surface area contributed by atoms with Gasteiger partial charge in [0.1, 0.15) is 17.8 Å². The second kappa shape index (κ2) is 6.44. The molecule has 0 saturated heterocycles. The minimum atomic E-state index is -0.487. The van der Waals surface area contributed by atoms with Crippen LogP contribution in [0.3, 0.4) is 0 Å². The van der Waals surface area contributed by atoms with Crippen LogP contribution in [0.1, 0.15) is 15.9 Å². The second-order valence-corrected chi connectivity index (χ2v) is 3.31. The Bertz CT molecular complexity index is 451. The minimum absolute atomic E-state index is 0.430. The zero-order valence-electron chi connectivity index (χ0n) is 10.4. The number of aldehydes is 1. The molecule has 0 atom stereocenters. The Morgan fingerprint density at radius 3 is 2.06 bits per heavy atom. The highest BCUT2D eigenvalue weighted by atomic mass is 16.5. The third-order valence-electron chi connectivity index (χ3n) is 2.29. The molecule has 0 spiro atoms. The van der Waals surface area contributed by atoms with Crippen molar-refractivity contribution in [1.82, 2.24) is 0 Å². The van der Waals surface area contributed by atoms with Crippen LogP contribution in [0.2, 0.25) is 0 Å². The number of ether oxygens (including phenoxy) is 3. The molecule has 1 aromatic carbocycles. The summed E-state index contributed by atoms with van der Waals surface area (Å²) in [6, 6.07) is 3.12. The molecule has 0 heterocycles. The van der Waals surface area contributed by atoms with E-state index in [1.807, 2.05) is 0 Å². The van der Waals surface area contributed by atoms with Gasteiger partial charge in [-0.25, -0.2) is 4.79 Å². The number of esters is 1. The zero-order valence-corrected chi connectivity index (χ0v) is 10.4. The lowest BCUT2D eigenvalue weighted by Gasteiger charge is -2.10. The molecule has 0 unspecified atom stereocenters. The average molecular weight is 250 g/mol. The highest BCUT2D eigenvalue weighted by Crippen LogP contribution is 2.31. The van der Waals surface area contributed by atoms with E-state index in [0.29, 0.717) is 28.9 Å². The molecule has 1 aromatic rings. The Hall–Kier alpha value is -2.30. The number of hydrogen-bond donors (Lipinski definition) is 0. The summed E-state index contributed by atoms with van der Waals surface area (Å²) < 4.78 is 14.8. The van der Waals surface area contributed by atoms with Crippen LogP contribution >= 0.6 is 0 Å². The fourth-order valence-electron chi connectivity index (χ4n) is 1.41. The van der Waals surface area contributed by atoms with E-state index in [1.165, 1.54) is 33.5 Å². The summed E-state index contributed by atoms with van der Waals surface area (Å²) in [6.45, 7) is 0. The maximum Gasteiger partial charge on any atom is 0.330 e. The van der Waals surface area contributed by atoms with Gasteiger partial charge in [0.15, 0.2) is 0 Å². The summed E-state index contributed by atoms with van der Waals surface area (Å²) in [5.41, 5.74) is 0.995. The van der Waals surface area contributed by atoms with Gasteiger partial charge in [-0.1, -0.05) is 0 Å². The van der Waals surface area contributed by atoms with Crippen LogP contribution in [-0.4, -0.2) is 33.6 Å². The Kier molecular flexibility index (Phi) is 4.92. The predicted octanol–water partition coefficient (Wildman–Crippen LogP) is 1.70. The van der Waals surface area contributed by atoms with Crippen molar-refractivity contribution in [1.29, 1.82) is 0 Å². The first kappa shape index (κ1) is 13.8. The van der Waals surface area contributed by atoms with Gasteiger partial charge in [-0.2, -0.15) is 0 Å². The molecule has 96 valence electrons. The van der Waals surface area contributed by atoms with Crippen LogP contribution in [0.4, 0.5) is 0 Å². The van der Waals surface area contributed by atoms with Gasteiger partial charge in [-0.3, -0.25) is 4.79 Å². The van der Waals surface area contributed by atoms with E-state index in [0.717, 1.165) is 0 Å². The van der Waals surface area contributed by atoms with Crippen LogP contribution in [0.5, 0.6) is 11.5 Å². The Balaban J connectivity index is 3.26. The van der Waals surface area contributed by atoms with Crippen molar-refractivity contribution in [3.63, 3.8) is 0 Å². The lowest BCUT2D eigenvalue weighted by Crippen LogP contribution is -1.97. The maximum atomic E-state index is 11.1. The molecule has 1 rings (SSSR count). The first-order chi connectivity index (χ1) is 8.65. The molecule has 0 radical (unpaired) electrons. The van der Waals surface area contributed by atoms with E-state index in [2.05, 4.69) is 4.74 Å². The van der Waals surface area contributed by atoms with Crippen molar-refractivity contribution in [2.45, 2.75) is 0 Å². The molecule has 0 aromatic heterocycles. The van der Waals surface area contributed by atoms with E-state index in [9.17, 15) is 9.59 Å². The summed E-state index contributed by atoms with van der Waals surface area (Å²) in [6.07, 6.45) is 3.46. The molecule has 5 nitrogen and oxygen atoms in total. The number of carbonyl (C=O) groups excluding carboxylic acids is 2. The molecular weight excluding hydrogens is 236 g/mol. The average Bonchev–Trinajstić information content (AvgIpc) is 2.43. The molecule has 0 amide bonds. The van der Waals surface area contributed by atoms with Gasteiger partial charge in [0.2, 0.25) is 0 Å². The third-order valence-corrected chi connectivity index (χ3v) is 2.29. The van der Waals surface area contributed by atoms with Crippen molar-refractivity contribution in [2.75, 3.05) is 21.3 Å². The Labute approximate surface area is 105 Å². The standard InChI is InChI=1S/C13H14O5/c1-16-11-6-9(8-14)7-12(17-2)10(11)4-5-13(15)18-3/h4-8H,1-3H3/b5-4+. The SMILES string of the molecule is COC(=O)/C=C/c1c(OC)cc(C=O)cc1OC. The summed E-state index contributed by atoms with van der Waals surface area (Å²) >= 11 is 0. The van der Waals surface area contributed by atoms with E-state index in [4.69, 9.17) is 9.47 Å². The van der Waals surface area contributed by atoms with Gasteiger partial charge in [0.05, 0.1) is 26.9 Å². The fraction of sp³-hybridized carbons (Fsp3) is 0.231. The first-order valence-corrected chi connectivity index (χ1v) is 5.13. The van der Waals surface area contributed by atoms with E-state index < -0.39 is 5.97 Å². The van der Waals surface area contributed by atoms with Crippen molar-refractivity contribution in [2.24, 2.45) is 0 Å². The largest absolute Gasteiger partial charge is 0.496 e. The number of methoxy groups -OCH3 is 3. The highest BCUT2D eigenvalue weighted by Gasteiger charge is 2.10. The molecule has 0 fully saturated rings. The zero-order chi connectivity index (χ0) is 13.5. The predicted molar refractivity (Wildman–Crippen MR) is 66.0 cm³/mol. The van der Waals surface area contributed by atoms with Gasteiger partial charge in [0, 0.05) is 11.6 Å². The molecule has 0 aliphatic rings. The van der Waals surface area contributed by atoms with Crippen LogP contribution in [0.25, 0.3) is 6.08 Å². The topological polar surface area (TPSA) is 61.8 Å². The first-order valence-electron chi connectivity index (χ1n) is 5.13. The van der Waals surface area contributed by atoms with Crippen molar-refractivity contribution in [3.8, 4) is 11.5 Å². The lowest BCUT2D eigenvalue weighted by molar-refractivity contribution is -0.134. The van der Waals surface area contributed by atoms with Gasteiger partial charge in [0.25, 0.3) is 0 Å². The Morgan fingerprint density at radius 1 is 1.11 bits per heavy atom. The second-order valence-electron chi connectivity index (χ2n) is 3.31. The van der Waals surface area contributed by atoms with E-state index >= 15 is 0 Å². The van der Waals surface area contributed by atoms with Crippen LogP contribution in [0, 0.1) is 0 Å². The smallest absolute Gasteiger partial charge is 0.330 e. The molecule has 18 heavy (non-hydrogen) atoms. The van der Waals surface area contributed by atoms with Gasteiger partial charge in [-0.15, -0.1) is 0 Å². The van der Waals surface area contributed by atoms with Crippen molar-refractivity contribution >= 4 is 18.3 Å². The van der Waals surface area contributed by atoms with Crippen molar-refractivity contribution < 1.29 is 23.8 Å². The number of benzene rings is 1. The van der Waals surface area contributed by atoms with Gasteiger partial charge >= 0.3 is 5.97 Å². The minimum Gasteiger partial charge on any atom is -0.496 e. The molecule has 0 aliphatic heterocycles. The Morgan fingerprint density at radius 2 is 1.67 bits per heavy atom. The van der Waals surface area contributed by atoms with Crippen molar-refractivity contribution in [3.05, 3.63) is 29.3 Å². The third kappa shape index (κ3) is 3.10. The monoisotopic (exact) mass is 250 g/mol. The summed E-state index contributed by atoms with van der Waals surface area (Å²) in [7, 11) is 4.23. The van der Waals surface area contributed by atoms with Gasteiger partial charge in [-0.05, 0) is 18.2 Å². The molecular formula is C13H14O5. The van der Waals surface area contributed by atoms with Crippen LogP contribution < -0.4 is 9.47 Å². The fourth-order valence-corrected chi connectivity index (χ4v) is 1.41. The molecule has 0 bridgehead atoms. The quantitative estimate of drug-likeness (QED) is 0.452. The molecule has 5 heteroatoms. The number of rotatable bonds is 5. The lowest BCUT2D eigenvalue weighted by atomic mass is 10.1. The summed E-state index contributed by atoms with van der Waals surface area (Å²) in [5.74, 6) is 0.395. The van der Waals surface area contributed by atoms with Crippen LogP contribution in [0.15, 0.2) is 18.2 Å². The maximum absolute atomic E-state index is 11.1.